The highest BCUT2D eigenvalue weighted by Crippen LogP contribution is 2.17. The zero-order valence-corrected chi connectivity index (χ0v) is 12.5. The van der Waals surface area contributed by atoms with Gasteiger partial charge in [0.2, 0.25) is 0 Å². The topological polar surface area (TPSA) is 41.6 Å². The largest absolute Gasteiger partial charge is 0.459 e. The van der Waals surface area contributed by atoms with E-state index in [0.717, 1.165) is 19.6 Å². The van der Waals surface area contributed by atoms with Crippen LogP contribution in [-0.2, 0) is 9.53 Å². The van der Waals surface area contributed by atoms with Crippen molar-refractivity contribution in [3.63, 3.8) is 0 Å². The number of likely N-dealkylation sites (tertiary alicyclic amines) is 1. The Morgan fingerprint density at radius 1 is 1.39 bits per heavy atom. The summed E-state index contributed by atoms with van der Waals surface area (Å²) in [6.45, 7) is 13.4. The molecule has 0 bridgehead atoms. The van der Waals surface area contributed by atoms with Crippen molar-refractivity contribution >= 4 is 5.97 Å². The zero-order valence-electron chi connectivity index (χ0n) is 12.5. The number of ether oxygens (including phenoxy) is 1. The third kappa shape index (κ3) is 5.83. The Balaban J connectivity index is 2.43. The van der Waals surface area contributed by atoms with Crippen LogP contribution in [0.2, 0.25) is 0 Å². The van der Waals surface area contributed by atoms with Crippen molar-refractivity contribution in [1.29, 1.82) is 0 Å². The van der Waals surface area contributed by atoms with Gasteiger partial charge in [0.05, 0.1) is 6.54 Å². The Hall–Kier alpha value is -0.610. The second-order valence-electron chi connectivity index (χ2n) is 6.38. The summed E-state index contributed by atoms with van der Waals surface area (Å²) in [6, 6.07) is 0.501. The number of piperidine rings is 1. The van der Waals surface area contributed by atoms with Gasteiger partial charge in [-0.1, -0.05) is 13.8 Å². The van der Waals surface area contributed by atoms with Crippen LogP contribution in [0.4, 0.5) is 0 Å². The van der Waals surface area contributed by atoms with Crippen molar-refractivity contribution in [2.45, 2.75) is 52.7 Å². The average molecular weight is 256 g/mol. The van der Waals surface area contributed by atoms with E-state index in [0.29, 0.717) is 18.5 Å². The number of nitrogens with zero attached hydrogens (tertiary/aromatic N) is 1. The van der Waals surface area contributed by atoms with Crippen molar-refractivity contribution in [1.82, 2.24) is 10.2 Å². The average Bonchev–Trinajstić information content (AvgIpc) is 2.12. The van der Waals surface area contributed by atoms with E-state index in [1.165, 1.54) is 6.42 Å². The molecular weight excluding hydrogens is 228 g/mol. The molecule has 0 aromatic rings. The third-order valence-corrected chi connectivity index (χ3v) is 3.00. The maximum Gasteiger partial charge on any atom is 0.320 e. The lowest BCUT2D eigenvalue weighted by Crippen LogP contribution is -2.50. The normalized spacial score (nSPS) is 26.1. The lowest BCUT2D eigenvalue weighted by molar-refractivity contribution is -0.156. The molecule has 0 amide bonds. The Morgan fingerprint density at radius 2 is 2.06 bits per heavy atom. The van der Waals surface area contributed by atoms with Gasteiger partial charge in [-0.2, -0.15) is 0 Å². The molecule has 106 valence electrons. The fourth-order valence-electron chi connectivity index (χ4n) is 2.58. The Bertz CT molecular complexity index is 273. The molecule has 1 aliphatic heterocycles. The molecule has 4 heteroatoms. The first-order valence-corrected chi connectivity index (χ1v) is 6.97. The molecular formula is C14H28N2O2. The maximum absolute atomic E-state index is 11.8. The molecule has 2 atom stereocenters. The van der Waals surface area contributed by atoms with Crippen molar-refractivity contribution in [2.24, 2.45) is 5.92 Å². The first kappa shape index (κ1) is 15.4. The molecule has 0 spiro atoms. The minimum Gasteiger partial charge on any atom is -0.459 e. The van der Waals surface area contributed by atoms with Gasteiger partial charge >= 0.3 is 5.97 Å². The van der Waals surface area contributed by atoms with Crippen molar-refractivity contribution in [3.8, 4) is 0 Å². The van der Waals surface area contributed by atoms with Gasteiger partial charge in [0.25, 0.3) is 0 Å². The lowest BCUT2D eigenvalue weighted by atomic mass is 9.96. The van der Waals surface area contributed by atoms with E-state index in [4.69, 9.17) is 4.74 Å². The van der Waals surface area contributed by atoms with Crippen LogP contribution in [0.15, 0.2) is 0 Å². The van der Waals surface area contributed by atoms with Crippen LogP contribution < -0.4 is 5.32 Å². The first-order chi connectivity index (χ1) is 8.30. The van der Waals surface area contributed by atoms with Gasteiger partial charge in [0, 0.05) is 19.1 Å². The maximum atomic E-state index is 11.8. The molecule has 1 N–H and O–H groups in total. The number of nitrogens with one attached hydrogen (secondary N) is 1. The molecule has 0 saturated carbocycles. The zero-order chi connectivity index (χ0) is 13.8. The van der Waals surface area contributed by atoms with Crippen molar-refractivity contribution in [2.75, 3.05) is 26.2 Å². The standard InChI is InChI=1S/C14H28N2O2/c1-6-15-12-7-11(2)8-16(9-12)10-13(17)18-14(3,4)5/h11-12,15H,6-10H2,1-5H3. The van der Waals surface area contributed by atoms with Crippen LogP contribution in [0.1, 0.15) is 41.0 Å². The van der Waals surface area contributed by atoms with Gasteiger partial charge in [0.1, 0.15) is 5.60 Å². The monoisotopic (exact) mass is 256 g/mol. The van der Waals surface area contributed by atoms with Gasteiger partial charge in [-0.05, 0) is 39.7 Å². The summed E-state index contributed by atoms with van der Waals surface area (Å²) in [6.07, 6.45) is 1.19. The van der Waals surface area contributed by atoms with E-state index < -0.39 is 0 Å². The Labute approximate surface area is 111 Å². The summed E-state index contributed by atoms with van der Waals surface area (Å²) < 4.78 is 5.37. The molecule has 1 heterocycles. The summed E-state index contributed by atoms with van der Waals surface area (Å²) >= 11 is 0. The minimum absolute atomic E-state index is 0.119. The number of likely N-dealkylation sites (N-methyl/N-ethyl adjacent to an activating group) is 1. The van der Waals surface area contributed by atoms with E-state index >= 15 is 0 Å². The van der Waals surface area contributed by atoms with Crippen LogP contribution in [0, 0.1) is 5.92 Å². The molecule has 1 fully saturated rings. The SMILES string of the molecule is CCNC1CC(C)CN(CC(=O)OC(C)(C)C)C1. The van der Waals surface area contributed by atoms with E-state index in [1.54, 1.807) is 0 Å². The number of esters is 1. The fourth-order valence-corrected chi connectivity index (χ4v) is 2.58. The van der Waals surface area contributed by atoms with Gasteiger partial charge in [-0.3, -0.25) is 9.69 Å². The first-order valence-electron chi connectivity index (χ1n) is 6.97. The Kier molecular flexibility index (Phi) is 5.60. The minimum atomic E-state index is -0.389. The highest BCUT2D eigenvalue weighted by atomic mass is 16.6. The second-order valence-corrected chi connectivity index (χ2v) is 6.38. The molecule has 0 radical (unpaired) electrons. The number of carbonyl (C=O) groups excluding carboxylic acids is 1. The van der Waals surface area contributed by atoms with Crippen LogP contribution in [0.3, 0.4) is 0 Å². The summed E-state index contributed by atoms with van der Waals surface area (Å²) in [5, 5.41) is 3.47. The van der Waals surface area contributed by atoms with Gasteiger partial charge < -0.3 is 10.1 Å². The third-order valence-electron chi connectivity index (χ3n) is 3.00. The van der Waals surface area contributed by atoms with Crippen LogP contribution in [-0.4, -0.2) is 48.7 Å². The number of hydrogen-bond acceptors (Lipinski definition) is 4. The smallest absolute Gasteiger partial charge is 0.320 e. The molecule has 4 nitrogen and oxygen atoms in total. The van der Waals surface area contributed by atoms with E-state index in [1.807, 2.05) is 20.8 Å². The fraction of sp³-hybridized carbons (Fsp3) is 0.929. The number of rotatable bonds is 4. The molecule has 0 aromatic heterocycles. The number of carbonyl (C=O) groups is 1. The van der Waals surface area contributed by atoms with E-state index in [-0.39, 0.29) is 11.6 Å². The predicted octanol–water partition coefficient (Wildman–Crippen LogP) is 1.65. The summed E-state index contributed by atoms with van der Waals surface area (Å²) in [4.78, 5) is 14.0. The Morgan fingerprint density at radius 3 is 2.61 bits per heavy atom. The lowest BCUT2D eigenvalue weighted by Gasteiger charge is -2.36. The molecule has 0 aliphatic carbocycles. The van der Waals surface area contributed by atoms with Gasteiger partial charge in [0.15, 0.2) is 0 Å². The van der Waals surface area contributed by atoms with Crippen molar-refractivity contribution < 1.29 is 9.53 Å². The van der Waals surface area contributed by atoms with Gasteiger partial charge in [-0.15, -0.1) is 0 Å². The van der Waals surface area contributed by atoms with E-state index in [9.17, 15) is 4.79 Å². The summed E-state index contributed by atoms with van der Waals surface area (Å²) in [5.74, 6) is 0.511. The van der Waals surface area contributed by atoms with Crippen molar-refractivity contribution in [3.05, 3.63) is 0 Å². The number of hydrogen-bond donors (Lipinski definition) is 1. The second kappa shape index (κ2) is 6.53. The van der Waals surface area contributed by atoms with E-state index in [2.05, 4.69) is 24.1 Å². The molecule has 1 rings (SSSR count). The molecule has 18 heavy (non-hydrogen) atoms. The molecule has 1 aliphatic rings. The molecule has 2 unspecified atom stereocenters. The molecule has 1 saturated heterocycles. The molecule has 0 aromatic carbocycles. The quantitative estimate of drug-likeness (QED) is 0.777. The van der Waals surface area contributed by atoms with Crippen LogP contribution in [0.5, 0.6) is 0 Å². The van der Waals surface area contributed by atoms with Gasteiger partial charge in [-0.25, -0.2) is 0 Å². The highest BCUT2D eigenvalue weighted by molar-refractivity contribution is 5.72. The predicted molar refractivity (Wildman–Crippen MR) is 73.5 cm³/mol. The summed E-state index contributed by atoms with van der Waals surface area (Å²) in [5.41, 5.74) is -0.389. The highest BCUT2D eigenvalue weighted by Gasteiger charge is 2.26. The van der Waals surface area contributed by atoms with Crippen LogP contribution >= 0.6 is 0 Å². The van der Waals surface area contributed by atoms with Crippen LogP contribution in [0.25, 0.3) is 0 Å². The summed E-state index contributed by atoms with van der Waals surface area (Å²) in [7, 11) is 0.